The summed E-state index contributed by atoms with van der Waals surface area (Å²) in [5.41, 5.74) is -0.0295. The molecule has 0 unspecified atom stereocenters. The number of ether oxygens (including phenoxy) is 1. The fraction of sp³-hybridized carbons (Fsp3) is 0.600. The van der Waals surface area contributed by atoms with Gasteiger partial charge in [0, 0.05) is 26.4 Å². The summed E-state index contributed by atoms with van der Waals surface area (Å²) < 4.78 is 6.33. The van der Waals surface area contributed by atoms with Crippen LogP contribution >= 0.6 is 15.9 Å². The molecule has 2 heterocycles. The van der Waals surface area contributed by atoms with Crippen LogP contribution in [0.5, 0.6) is 0 Å². The SMILES string of the molecule is COC1(C)CN(c2nc(C)ncc2Br)C1. The molecule has 0 spiro atoms. The lowest BCUT2D eigenvalue weighted by molar-refractivity contribution is -0.0172. The molecule has 0 saturated carbocycles. The van der Waals surface area contributed by atoms with Gasteiger partial charge in [0.15, 0.2) is 0 Å². The van der Waals surface area contributed by atoms with Crippen molar-refractivity contribution in [1.29, 1.82) is 0 Å². The summed E-state index contributed by atoms with van der Waals surface area (Å²) in [5, 5.41) is 0. The highest BCUT2D eigenvalue weighted by atomic mass is 79.9. The molecule has 1 saturated heterocycles. The van der Waals surface area contributed by atoms with Gasteiger partial charge < -0.3 is 9.64 Å². The zero-order chi connectivity index (χ0) is 11.1. The number of anilines is 1. The summed E-state index contributed by atoms with van der Waals surface area (Å²) in [4.78, 5) is 10.7. The van der Waals surface area contributed by atoms with E-state index in [4.69, 9.17) is 4.74 Å². The van der Waals surface area contributed by atoms with Crippen molar-refractivity contribution in [3.05, 3.63) is 16.5 Å². The molecular formula is C10H14BrN3O. The summed E-state index contributed by atoms with van der Waals surface area (Å²) in [6.45, 7) is 5.74. The van der Waals surface area contributed by atoms with Gasteiger partial charge in [-0.25, -0.2) is 9.97 Å². The molecule has 0 radical (unpaired) electrons. The van der Waals surface area contributed by atoms with E-state index in [2.05, 4.69) is 37.7 Å². The Morgan fingerprint density at radius 2 is 2.20 bits per heavy atom. The Bertz CT molecular complexity index is 377. The van der Waals surface area contributed by atoms with Crippen LogP contribution in [0.15, 0.2) is 10.7 Å². The van der Waals surface area contributed by atoms with Gasteiger partial charge >= 0.3 is 0 Å². The van der Waals surface area contributed by atoms with Crippen LogP contribution in [-0.4, -0.2) is 35.8 Å². The van der Waals surface area contributed by atoms with Gasteiger partial charge in [-0.05, 0) is 29.8 Å². The Morgan fingerprint density at radius 1 is 1.53 bits per heavy atom. The molecule has 4 nitrogen and oxygen atoms in total. The molecule has 0 aromatic carbocycles. The first-order chi connectivity index (χ1) is 7.04. The van der Waals surface area contributed by atoms with Crippen molar-refractivity contribution < 1.29 is 4.74 Å². The van der Waals surface area contributed by atoms with E-state index in [0.717, 1.165) is 29.2 Å². The third-order valence-corrected chi connectivity index (χ3v) is 3.25. The van der Waals surface area contributed by atoms with Crippen molar-refractivity contribution in [2.75, 3.05) is 25.1 Å². The Balaban J connectivity index is 2.16. The molecule has 0 atom stereocenters. The predicted octanol–water partition coefficient (Wildman–Crippen LogP) is 1.77. The Hall–Kier alpha value is -0.680. The van der Waals surface area contributed by atoms with Gasteiger partial charge in [0.1, 0.15) is 11.6 Å². The van der Waals surface area contributed by atoms with Gasteiger partial charge in [-0.3, -0.25) is 0 Å². The molecule has 0 aliphatic carbocycles. The quantitative estimate of drug-likeness (QED) is 0.822. The number of methoxy groups -OCH3 is 1. The van der Waals surface area contributed by atoms with Gasteiger partial charge in [-0.1, -0.05) is 0 Å². The van der Waals surface area contributed by atoms with Crippen molar-refractivity contribution in [1.82, 2.24) is 9.97 Å². The number of hydrogen-bond donors (Lipinski definition) is 0. The highest BCUT2D eigenvalue weighted by Gasteiger charge is 2.40. The van der Waals surface area contributed by atoms with E-state index in [-0.39, 0.29) is 5.60 Å². The second-order valence-corrected chi connectivity index (χ2v) is 4.95. The van der Waals surface area contributed by atoms with Crippen LogP contribution in [0.25, 0.3) is 0 Å². The van der Waals surface area contributed by atoms with Gasteiger partial charge in [0.05, 0.1) is 10.1 Å². The highest BCUT2D eigenvalue weighted by molar-refractivity contribution is 9.10. The zero-order valence-electron chi connectivity index (χ0n) is 9.12. The maximum absolute atomic E-state index is 5.40. The fourth-order valence-electron chi connectivity index (χ4n) is 1.71. The number of hydrogen-bond acceptors (Lipinski definition) is 4. The van der Waals surface area contributed by atoms with Crippen LogP contribution in [0, 0.1) is 6.92 Å². The molecular weight excluding hydrogens is 258 g/mol. The lowest BCUT2D eigenvalue weighted by atomic mass is 9.97. The summed E-state index contributed by atoms with van der Waals surface area (Å²) in [6.07, 6.45) is 1.79. The molecule has 0 bridgehead atoms. The van der Waals surface area contributed by atoms with Crippen molar-refractivity contribution in [3.8, 4) is 0 Å². The van der Waals surface area contributed by atoms with E-state index in [0.29, 0.717) is 0 Å². The predicted molar refractivity (Wildman–Crippen MR) is 62.1 cm³/mol. The molecule has 1 aromatic heterocycles. The molecule has 2 rings (SSSR count). The van der Waals surface area contributed by atoms with Gasteiger partial charge in [0.2, 0.25) is 0 Å². The molecule has 0 amide bonds. The van der Waals surface area contributed by atoms with Crippen LogP contribution in [0.3, 0.4) is 0 Å². The molecule has 15 heavy (non-hydrogen) atoms. The van der Waals surface area contributed by atoms with Crippen LogP contribution in [-0.2, 0) is 4.74 Å². The number of rotatable bonds is 2. The van der Waals surface area contributed by atoms with E-state index in [9.17, 15) is 0 Å². The minimum absolute atomic E-state index is 0.0295. The maximum atomic E-state index is 5.40. The van der Waals surface area contributed by atoms with Crippen molar-refractivity contribution >= 4 is 21.7 Å². The smallest absolute Gasteiger partial charge is 0.146 e. The van der Waals surface area contributed by atoms with Gasteiger partial charge in [0.25, 0.3) is 0 Å². The molecule has 1 aromatic rings. The maximum Gasteiger partial charge on any atom is 0.146 e. The van der Waals surface area contributed by atoms with Gasteiger partial charge in [-0.2, -0.15) is 0 Å². The average molecular weight is 272 g/mol. The number of aryl methyl sites for hydroxylation is 1. The van der Waals surface area contributed by atoms with Gasteiger partial charge in [-0.15, -0.1) is 0 Å². The molecule has 1 fully saturated rings. The topological polar surface area (TPSA) is 38.2 Å². The average Bonchev–Trinajstić information content (AvgIpc) is 2.17. The van der Waals surface area contributed by atoms with Crippen LogP contribution < -0.4 is 4.90 Å². The number of nitrogens with zero attached hydrogens (tertiary/aromatic N) is 3. The first-order valence-electron chi connectivity index (χ1n) is 4.83. The second-order valence-electron chi connectivity index (χ2n) is 4.10. The molecule has 82 valence electrons. The minimum Gasteiger partial charge on any atom is -0.375 e. The molecule has 0 N–H and O–H groups in total. The van der Waals surface area contributed by atoms with Crippen LogP contribution in [0.2, 0.25) is 0 Å². The zero-order valence-corrected chi connectivity index (χ0v) is 10.7. The largest absolute Gasteiger partial charge is 0.375 e. The van der Waals surface area contributed by atoms with Crippen LogP contribution in [0.1, 0.15) is 12.7 Å². The third kappa shape index (κ3) is 1.99. The standard InChI is InChI=1S/C10H14BrN3O/c1-7-12-4-8(11)9(13-7)14-5-10(2,6-14)15-3/h4H,5-6H2,1-3H3. The Kier molecular flexibility index (Phi) is 2.68. The fourth-order valence-corrected chi connectivity index (χ4v) is 2.15. The van der Waals surface area contributed by atoms with Crippen molar-refractivity contribution in [3.63, 3.8) is 0 Å². The minimum atomic E-state index is -0.0295. The summed E-state index contributed by atoms with van der Waals surface area (Å²) in [7, 11) is 1.75. The Morgan fingerprint density at radius 3 is 2.80 bits per heavy atom. The summed E-state index contributed by atoms with van der Waals surface area (Å²) >= 11 is 3.46. The normalized spacial score (nSPS) is 18.8. The summed E-state index contributed by atoms with van der Waals surface area (Å²) in [5.74, 6) is 1.75. The van der Waals surface area contributed by atoms with E-state index >= 15 is 0 Å². The third-order valence-electron chi connectivity index (χ3n) is 2.69. The first-order valence-corrected chi connectivity index (χ1v) is 5.63. The number of halogens is 1. The highest BCUT2D eigenvalue weighted by Crippen LogP contribution is 2.32. The summed E-state index contributed by atoms with van der Waals surface area (Å²) in [6, 6.07) is 0. The van der Waals surface area contributed by atoms with E-state index in [1.54, 1.807) is 13.3 Å². The first kappa shape index (κ1) is 10.8. The van der Waals surface area contributed by atoms with E-state index < -0.39 is 0 Å². The van der Waals surface area contributed by atoms with Crippen molar-refractivity contribution in [2.24, 2.45) is 0 Å². The Labute approximate surface area is 97.8 Å². The lowest BCUT2D eigenvalue weighted by Crippen LogP contribution is -2.61. The van der Waals surface area contributed by atoms with E-state index in [1.807, 2.05) is 6.92 Å². The second kappa shape index (κ2) is 3.72. The monoisotopic (exact) mass is 271 g/mol. The molecule has 5 heteroatoms. The molecule has 1 aliphatic heterocycles. The number of aromatic nitrogens is 2. The van der Waals surface area contributed by atoms with E-state index in [1.165, 1.54) is 0 Å². The molecule has 1 aliphatic rings. The van der Waals surface area contributed by atoms with Crippen LogP contribution in [0.4, 0.5) is 5.82 Å². The van der Waals surface area contributed by atoms with Crippen molar-refractivity contribution in [2.45, 2.75) is 19.4 Å². The lowest BCUT2D eigenvalue weighted by Gasteiger charge is -2.47.